The van der Waals surface area contributed by atoms with Gasteiger partial charge in [0.2, 0.25) is 0 Å². The van der Waals surface area contributed by atoms with E-state index in [1.807, 2.05) is 48.5 Å². The van der Waals surface area contributed by atoms with Crippen molar-refractivity contribution in [2.45, 2.75) is 11.8 Å². The smallest absolute Gasteiger partial charge is 0.270 e. The van der Waals surface area contributed by atoms with Crippen LogP contribution >= 0.6 is 23.2 Å². The minimum Gasteiger partial charge on any atom is -0.272 e. The molecule has 3 aromatic rings. The number of nitrogens with one attached hydrogen (secondary N) is 1. The zero-order valence-electron chi connectivity index (χ0n) is 16.6. The predicted molar refractivity (Wildman–Crippen MR) is 119 cm³/mol. The van der Waals surface area contributed by atoms with Gasteiger partial charge in [0.25, 0.3) is 17.7 Å². The van der Waals surface area contributed by atoms with Gasteiger partial charge in [-0.3, -0.25) is 19.8 Å². The first-order chi connectivity index (χ1) is 15.5. The molecule has 0 radical (unpaired) electrons. The maximum absolute atomic E-state index is 13.5. The summed E-state index contributed by atoms with van der Waals surface area (Å²) in [6.07, 6.45) is 0. The Morgan fingerprint density at radius 2 is 1.19 bits per heavy atom. The van der Waals surface area contributed by atoms with Crippen LogP contribution in [0.25, 0.3) is 0 Å². The summed E-state index contributed by atoms with van der Waals surface area (Å²) >= 11 is 12.0. The van der Waals surface area contributed by atoms with Gasteiger partial charge in [0.15, 0.2) is 0 Å². The number of carbonyl (C=O) groups is 3. The molecule has 3 aromatic carbocycles. The van der Waals surface area contributed by atoms with Crippen molar-refractivity contribution >= 4 is 40.9 Å². The van der Waals surface area contributed by atoms with E-state index in [1.165, 1.54) is 18.2 Å². The Labute approximate surface area is 193 Å². The second-order valence-electron chi connectivity index (χ2n) is 8.35. The molecule has 0 saturated carbocycles. The monoisotopic (exact) mass is 462 g/mol. The fourth-order valence-electron chi connectivity index (χ4n) is 5.59. The maximum atomic E-state index is 13.5. The third-order valence-electron chi connectivity index (χ3n) is 6.84. The highest BCUT2D eigenvalue weighted by Gasteiger charge is 2.62. The van der Waals surface area contributed by atoms with Crippen LogP contribution in [0, 0.1) is 11.8 Å². The number of amides is 3. The molecule has 1 fully saturated rings. The normalized spacial score (nSPS) is 24.8. The van der Waals surface area contributed by atoms with Crippen LogP contribution in [0.1, 0.15) is 44.4 Å². The SMILES string of the molecule is O=C(NN1C(=O)[C@@H]2C3c4ccccc4C(c4ccccc43)[C@@H]2C1=O)c1ccc(Cl)c(Cl)c1. The molecule has 1 heterocycles. The van der Waals surface area contributed by atoms with Crippen LogP contribution in [0.15, 0.2) is 66.7 Å². The average molecular weight is 463 g/mol. The molecule has 3 aliphatic carbocycles. The highest BCUT2D eigenvalue weighted by molar-refractivity contribution is 6.42. The number of hydrogen-bond acceptors (Lipinski definition) is 3. The summed E-state index contributed by atoms with van der Waals surface area (Å²) in [5.41, 5.74) is 7.05. The number of benzene rings is 3. The molecule has 2 atom stereocenters. The lowest BCUT2D eigenvalue weighted by molar-refractivity contribution is -0.142. The van der Waals surface area contributed by atoms with Crippen molar-refractivity contribution in [3.05, 3.63) is 105 Å². The first-order valence-corrected chi connectivity index (χ1v) is 11.0. The maximum Gasteiger partial charge on any atom is 0.270 e. The molecule has 7 heteroatoms. The predicted octanol–water partition coefficient (Wildman–Crippen LogP) is 4.53. The number of hydrazine groups is 1. The fourth-order valence-corrected chi connectivity index (χ4v) is 5.89. The highest BCUT2D eigenvalue weighted by atomic mass is 35.5. The highest BCUT2D eigenvalue weighted by Crippen LogP contribution is 2.60. The number of hydrogen-bond donors (Lipinski definition) is 1. The molecule has 0 unspecified atom stereocenters. The van der Waals surface area contributed by atoms with E-state index < -0.39 is 17.7 Å². The zero-order chi connectivity index (χ0) is 22.1. The lowest BCUT2D eigenvalue weighted by Crippen LogP contribution is -2.46. The number of halogens is 2. The Kier molecular flexibility index (Phi) is 4.23. The standard InChI is InChI=1S/C25H16Cl2N2O3/c26-17-10-9-12(11-18(17)27)23(30)28-29-24(31)21-19-13-5-1-2-6-14(13)20(22(21)25(29)32)16-8-4-3-7-15(16)19/h1-11,19-22H,(H,28,30)/t19?,20?,21-,22+. The summed E-state index contributed by atoms with van der Waals surface area (Å²) in [5, 5.41) is 1.43. The Hall–Kier alpha value is -3.15. The summed E-state index contributed by atoms with van der Waals surface area (Å²) < 4.78 is 0. The molecule has 2 bridgehead atoms. The van der Waals surface area contributed by atoms with Crippen molar-refractivity contribution in [3.63, 3.8) is 0 Å². The van der Waals surface area contributed by atoms with Crippen LogP contribution in [0.4, 0.5) is 0 Å². The molecule has 5 nitrogen and oxygen atoms in total. The number of rotatable bonds is 2. The first-order valence-electron chi connectivity index (χ1n) is 10.3. The molecule has 32 heavy (non-hydrogen) atoms. The van der Waals surface area contributed by atoms with Crippen molar-refractivity contribution in [2.75, 3.05) is 0 Å². The number of carbonyl (C=O) groups excluding carboxylic acids is 3. The lowest BCUT2D eigenvalue weighted by atomic mass is 9.55. The van der Waals surface area contributed by atoms with Crippen LogP contribution in [-0.2, 0) is 9.59 Å². The zero-order valence-corrected chi connectivity index (χ0v) is 18.1. The Bertz CT molecular complexity index is 1220. The van der Waals surface area contributed by atoms with Gasteiger partial charge in [0.05, 0.1) is 21.9 Å². The Balaban J connectivity index is 1.40. The van der Waals surface area contributed by atoms with Gasteiger partial charge in [-0.05, 0) is 40.5 Å². The molecule has 7 rings (SSSR count). The largest absolute Gasteiger partial charge is 0.272 e. The van der Waals surface area contributed by atoms with Crippen LogP contribution in [0.5, 0.6) is 0 Å². The third-order valence-corrected chi connectivity index (χ3v) is 7.58. The molecule has 0 spiro atoms. The van der Waals surface area contributed by atoms with Crippen molar-refractivity contribution in [3.8, 4) is 0 Å². The summed E-state index contributed by atoms with van der Waals surface area (Å²) in [6.45, 7) is 0. The third kappa shape index (κ3) is 2.55. The quantitative estimate of drug-likeness (QED) is 0.568. The average Bonchev–Trinajstić information content (AvgIpc) is 3.06. The van der Waals surface area contributed by atoms with Crippen LogP contribution in [0.2, 0.25) is 10.0 Å². The molecular formula is C25H16Cl2N2O3. The van der Waals surface area contributed by atoms with E-state index in [0.717, 1.165) is 27.3 Å². The van der Waals surface area contributed by atoms with E-state index in [2.05, 4.69) is 5.43 Å². The minimum atomic E-state index is -0.591. The molecule has 1 aliphatic heterocycles. The van der Waals surface area contributed by atoms with E-state index in [4.69, 9.17) is 23.2 Å². The van der Waals surface area contributed by atoms with Gasteiger partial charge >= 0.3 is 0 Å². The van der Waals surface area contributed by atoms with Crippen molar-refractivity contribution in [1.29, 1.82) is 0 Å². The lowest BCUT2D eigenvalue weighted by Gasteiger charge is -2.45. The summed E-state index contributed by atoms with van der Waals surface area (Å²) in [4.78, 5) is 39.8. The second kappa shape index (κ2) is 6.92. The van der Waals surface area contributed by atoms with Gasteiger partial charge < -0.3 is 0 Å². The van der Waals surface area contributed by atoms with Crippen molar-refractivity contribution in [1.82, 2.24) is 10.4 Å². The Morgan fingerprint density at radius 1 is 0.719 bits per heavy atom. The minimum absolute atomic E-state index is 0.212. The number of imide groups is 1. The van der Waals surface area contributed by atoms with E-state index in [9.17, 15) is 14.4 Å². The van der Waals surface area contributed by atoms with Gasteiger partial charge in [0, 0.05) is 17.4 Å². The molecule has 158 valence electrons. The van der Waals surface area contributed by atoms with Gasteiger partial charge in [-0.15, -0.1) is 0 Å². The molecule has 4 aliphatic rings. The second-order valence-corrected chi connectivity index (χ2v) is 9.16. The van der Waals surface area contributed by atoms with E-state index in [-0.39, 0.29) is 34.2 Å². The van der Waals surface area contributed by atoms with Crippen LogP contribution in [0.3, 0.4) is 0 Å². The van der Waals surface area contributed by atoms with E-state index in [1.54, 1.807) is 0 Å². The summed E-state index contributed by atoms with van der Waals surface area (Å²) in [7, 11) is 0. The van der Waals surface area contributed by atoms with Crippen molar-refractivity contribution in [2.24, 2.45) is 11.8 Å². The van der Waals surface area contributed by atoms with Gasteiger partial charge in [-0.1, -0.05) is 71.7 Å². The van der Waals surface area contributed by atoms with Gasteiger partial charge in [-0.25, -0.2) is 0 Å². The van der Waals surface area contributed by atoms with Crippen LogP contribution < -0.4 is 5.43 Å². The number of nitrogens with zero attached hydrogens (tertiary/aromatic N) is 1. The fraction of sp³-hybridized carbons (Fsp3) is 0.160. The summed E-state index contributed by atoms with van der Waals surface area (Å²) in [5.74, 6) is -2.90. The Morgan fingerprint density at radius 3 is 1.62 bits per heavy atom. The molecule has 1 saturated heterocycles. The molecular weight excluding hydrogens is 447 g/mol. The van der Waals surface area contributed by atoms with E-state index >= 15 is 0 Å². The van der Waals surface area contributed by atoms with Crippen molar-refractivity contribution < 1.29 is 14.4 Å². The van der Waals surface area contributed by atoms with Gasteiger partial charge in [-0.2, -0.15) is 5.01 Å². The topological polar surface area (TPSA) is 66.5 Å². The molecule has 1 N–H and O–H groups in total. The van der Waals surface area contributed by atoms with E-state index in [0.29, 0.717) is 5.02 Å². The van der Waals surface area contributed by atoms with Crippen LogP contribution in [-0.4, -0.2) is 22.7 Å². The molecule has 3 amide bonds. The first kappa shape index (κ1) is 19.5. The van der Waals surface area contributed by atoms with Gasteiger partial charge in [0.1, 0.15) is 0 Å². The molecule has 0 aromatic heterocycles. The summed E-state index contributed by atoms with van der Waals surface area (Å²) in [6, 6.07) is 20.4.